The fourth-order valence-electron chi connectivity index (χ4n) is 3.53. The van der Waals surface area contributed by atoms with E-state index in [0.717, 1.165) is 53.4 Å². The smallest absolute Gasteiger partial charge is 0.261 e. The summed E-state index contributed by atoms with van der Waals surface area (Å²) in [5, 5.41) is 12.2. The average Bonchev–Trinajstić information content (AvgIpc) is 3.36. The third kappa shape index (κ3) is 3.66. The van der Waals surface area contributed by atoms with Crippen molar-refractivity contribution in [3.8, 4) is 0 Å². The minimum atomic E-state index is 0.0304. The number of hydrogen-bond acceptors (Lipinski definition) is 4. The molecule has 26 heavy (non-hydrogen) atoms. The zero-order valence-corrected chi connectivity index (χ0v) is 15.8. The molecule has 1 saturated heterocycles. The van der Waals surface area contributed by atoms with Gasteiger partial charge in [0.05, 0.1) is 17.1 Å². The molecule has 0 bridgehead atoms. The van der Waals surface area contributed by atoms with Crippen molar-refractivity contribution in [1.29, 1.82) is 0 Å². The van der Waals surface area contributed by atoms with Gasteiger partial charge in [0.15, 0.2) is 0 Å². The Hall–Kier alpha value is -2.18. The third-order valence-electron chi connectivity index (χ3n) is 5.01. The van der Waals surface area contributed by atoms with E-state index in [1.807, 2.05) is 35.9 Å². The molecule has 2 N–H and O–H groups in total. The van der Waals surface area contributed by atoms with Crippen LogP contribution in [-0.4, -0.2) is 35.3 Å². The van der Waals surface area contributed by atoms with Crippen molar-refractivity contribution >= 4 is 27.5 Å². The van der Waals surface area contributed by atoms with Crippen LogP contribution in [0.5, 0.6) is 0 Å². The first-order chi connectivity index (χ1) is 12.7. The largest absolute Gasteiger partial charge is 0.351 e. The number of hydrogen-bond donors (Lipinski definition) is 2. The van der Waals surface area contributed by atoms with E-state index < -0.39 is 0 Å². The number of benzene rings is 1. The standard InChI is InChI=1S/C20H24N4OS/c1-14-17-11-18(19(25)22-10-8-15-7-9-21-12-15)26-20(17)24(23-14)13-16-5-3-2-4-6-16/h2-6,11,15,21H,7-10,12-13H2,1H3,(H,22,25). The molecule has 5 nitrogen and oxygen atoms in total. The third-order valence-corrected chi connectivity index (χ3v) is 6.15. The number of fused-ring (bicyclic) bond motifs is 1. The maximum atomic E-state index is 12.5. The topological polar surface area (TPSA) is 59.0 Å². The number of rotatable bonds is 6. The molecule has 0 aliphatic carbocycles. The van der Waals surface area contributed by atoms with Gasteiger partial charge >= 0.3 is 0 Å². The lowest BCUT2D eigenvalue weighted by molar-refractivity contribution is 0.0956. The van der Waals surface area contributed by atoms with Crippen LogP contribution in [0.25, 0.3) is 10.2 Å². The van der Waals surface area contributed by atoms with Crippen LogP contribution in [0.1, 0.15) is 33.8 Å². The Morgan fingerprint density at radius 1 is 1.38 bits per heavy atom. The first kappa shape index (κ1) is 17.2. The summed E-state index contributed by atoms with van der Waals surface area (Å²) in [4.78, 5) is 14.4. The van der Waals surface area contributed by atoms with Crippen LogP contribution in [0, 0.1) is 12.8 Å². The maximum absolute atomic E-state index is 12.5. The van der Waals surface area contributed by atoms with Crippen LogP contribution < -0.4 is 10.6 Å². The number of carbonyl (C=O) groups excluding carboxylic acids is 1. The first-order valence-corrected chi connectivity index (χ1v) is 10.0. The molecule has 0 saturated carbocycles. The molecular weight excluding hydrogens is 344 g/mol. The van der Waals surface area contributed by atoms with Gasteiger partial charge in [-0.2, -0.15) is 5.10 Å². The van der Waals surface area contributed by atoms with Gasteiger partial charge in [0, 0.05) is 11.9 Å². The van der Waals surface area contributed by atoms with E-state index >= 15 is 0 Å². The number of thiophene rings is 1. The molecule has 136 valence electrons. The van der Waals surface area contributed by atoms with Crippen LogP contribution in [0.3, 0.4) is 0 Å². The highest BCUT2D eigenvalue weighted by Gasteiger charge is 2.18. The Balaban J connectivity index is 1.46. The highest BCUT2D eigenvalue weighted by atomic mass is 32.1. The second-order valence-corrected chi connectivity index (χ2v) is 7.99. The van der Waals surface area contributed by atoms with E-state index in [1.54, 1.807) is 0 Å². The molecular formula is C20H24N4OS. The minimum absolute atomic E-state index is 0.0304. The van der Waals surface area contributed by atoms with Crippen LogP contribution in [0.15, 0.2) is 36.4 Å². The monoisotopic (exact) mass is 368 g/mol. The molecule has 1 aliphatic rings. The van der Waals surface area contributed by atoms with E-state index in [1.165, 1.54) is 23.3 Å². The van der Waals surface area contributed by atoms with Crippen molar-refractivity contribution in [2.45, 2.75) is 26.3 Å². The van der Waals surface area contributed by atoms with Crippen LogP contribution >= 0.6 is 11.3 Å². The molecule has 1 unspecified atom stereocenters. The molecule has 0 radical (unpaired) electrons. The molecule has 4 rings (SSSR count). The SMILES string of the molecule is Cc1nn(Cc2ccccc2)c2sc(C(=O)NCCC3CCNC3)cc12. The van der Waals surface area contributed by atoms with Crippen LogP contribution in [-0.2, 0) is 6.54 Å². The molecule has 1 atom stereocenters. The van der Waals surface area contributed by atoms with E-state index in [0.29, 0.717) is 5.92 Å². The Kier molecular flexibility index (Phi) is 5.04. The van der Waals surface area contributed by atoms with Gasteiger partial charge in [0.2, 0.25) is 0 Å². The van der Waals surface area contributed by atoms with Gasteiger partial charge in [-0.15, -0.1) is 11.3 Å². The minimum Gasteiger partial charge on any atom is -0.351 e. The quantitative estimate of drug-likeness (QED) is 0.702. The number of nitrogens with zero attached hydrogens (tertiary/aromatic N) is 2. The van der Waals surface area contributed by atoms with Crippen molar-refractivity contribution in [3.05, 3.63) is 52.5 Å². The summed E-state index contributed by atoms with van der Waals surface area (Å²) in [7, 11) is 0. The lowest BCUT2D eigenvalue weighted by atomic mass is 10.1. The number of carbonyl (C=O) groups is 1. The Morgan fingerprint density at radius 3 is 3.00 bits per heavy atom. The van der Waals surface area contributed by atoms with Crippen molar-refractivity contribution in [2.24, 2.45) is 5.92 Å². The van der Waals surface area contributed by atoms with Gasteiger partial charge in [-0.05, 0) is 50.4 Å². The van der Waals surface area contributed by atoms with Crippen LogP contribution in [0.4, 0.5) is 0 Å². The molecule has 2 aromatic heterocycles. The second kappa shape index (κ2) is 7.60. The normalized spacial score (nSPS) is 17.0. The van der Waals surface area contributed by atoms with Crippen molar-refractivity contribution < 1.29 is 4.79 Å². The zero-order chi connectivity index (χ0) is 17.9. The van der Waals surface area contributed by atoms with Crippen molar-refractivity contribution in [2.75, 3.05) is 19.6 Å². The van der Waals surface area contributed by atoms with Gasteiger partial charge in [-0.1, -0.05) is 30.3 Å². The predicted octanol–water partition coefficient (Wildman–Crippen LogP) is 3.18. The Bertz CT molecular complexity index is 893. The zero-order valence-electron chi connectivity index (χ0n) is 15.0. The molecule has 1 amide bonds. The van der Waals surface area contributed by atoms with Gasteiger partial charge in [-0.25, -0.2) is 0 Å². The summed E-state index contributed by atoms with van der Waals surface area (Å²) in [6.45, 7) is 5.65. The van der Waals surface area contributed by atoms with Crippen molar-refractivity contribution in [3.63, 3.8) is 0 Å². The summed E-state index contributed by atoms with van der Waals surface area (Å²) < 4.78 is 2.01. The highest BCUT2D eigenvalue weighted by Crippen LogP contribution is 2.29. The van der Waals surface area contributed by atoms with E-state index in [-0.39, 0.29) is 5.91 Å². The van der Waals surface area contributed by atoms with Gasteiger partial charge in [-0.3, -0.25) is 9.48 Å². The number of amides is 1. The average molecular weight is 369 g/mol. The summed E-state index contributed by atoms with van der Waals surface area (Å²) >= 11 is 1.53. The van der Waals surface area contributed by atoms with Gasteiger partial charge in [0.1, 0.15) is 4.83 Å². The van der Waals surface area contributed by atoms with Gasteiger partial charge < -0.3 is 10.6 Å². The molecule has 1 aromatic carbocycles. The lowest BCUT2D eigenvalue weighted by Gasteiger charge is -2.08. The molecule has 1 aliphatic heterocycles. The number of nitrogens with one attached hydrogen (secondary N) is 2. The number of aryl methyl sites for hydroxylation is 1. The molecule has 1 fully saturated rings. The molecule has 0 spiro atoms. The van der Waals surface area contributed by atoms with E-state index in [2.05, 4.69) is 27.9 Å². The van der Waals surface area contributed by atoms with E-state index in [4.69, 9.17) is 0 Å². The molecule has 3 heterocycles. The Morgan fingerprint density at radius 2 is 2.23 bits per heavy atom. The summed E-state index contributed by atoms with van der Waals surface area (Å²) in [5.74, 6) is 0.724. The predicted molar refractivity (Wildman–Crippen MR) is 106 cm³/mol. The lowest BCUT2D eigenvalue weighted by Crippen LogP contribution is -2.25. The second-order valence-electron chi connectivity index (χ2n) is 6.96. The van der Waals surface area contributed by atoms with E-state index in [9.17, 15) is 4.79 Å². The van der Waals surface area contributed by atoms with Crippen LogP contribution in [0.2, 0.25) is 0 Å². The first-order valence-electron chi connectivity index (χ1n) is 9.20. The Labute approximate surface area is 157 Å². The fraction of sp³-hybridized carbons (Fsp3) is 0.400. The summed E-state index contributed by atoms with van der Waals surface area (Å²) in [6.07, 6.45) is 2.26. The molecule has 3 aromatic rings. The summed E-state index contributed by atoms with van der Waals surface area (Å²) in [6, 6.07) is 12.3. The number of aromatic nitrogens is 2. The maximum Gasteiger partial charge on any atom is 0.261 e. The fourth-order valence-corrected chi connectivity index (χ4v) is 4.60. The molecule has 6 heteroatoms. The highest BCUT2D eigenvalue weighted by molar-refractivity contribution is 7.20. The van der Waals surface area contributed by atoms with Gasteiger partial charge in [0.25, 0.3) is 5.91 Å². The summed E-state index contributed by atoms with van der Waals surface area (Å²) in [5.41, 5.74) is 2.18. The van der Waals surface area contributed by atoms with Crippen molar-refractivity contribution in [1.82, 2.24) is 20.4 Å².